The number of imidazole rings is 2. The highest BCUT2D eigenvalue weighted by atomic mass is 16.4. The Labute approximate surface area is 325 Å². The van der Waals surface area contributed by atoms with Crippen molar-refractivity contribution in [3.05, 3.63) is 115 Å². The van der Waals surface area contributed by atoms with E-state index in [9.17, 15) is 19.5 Å². The molecular formula is C44H46N8O4. The van der Waals surface area contributed by atoms with Gasteiger partial charge < -0.3 is 35.9 Å². The normalized spacial score (nSPS) is 17.5. The summed E-state index contributed by atoms with van der Waals surface area (Å²) in [4.78, 5) is 58.1. The van der Waals surface area contributed by atoms with Gasteiger partial charge in [-0.1, -0.05) is 80.6 Å². The Kier molecular flexibility index (Phi) is 10.0. The molecule has 4 aromatic carbocycles. The molecule has 0 bridgehead atoms. The van der Waals surface area contributed by atoms with Gasteiger partial charge in [0, 0.05) is 24.3 Å². The van der Waals surface area contributed by atoms with Gasteiger partial charge in [-0.2, -0.15) is 0 Å². The molecule has 2 aromatic heterocycles. The first kappa shape index (κ1) is 36.5. The number of para-hydroxylation sites is 1. The zero-order valence-corrected chi connectivity index (χ0v) is 31.5. The molecule has 0 radical (unpaired) electrons. The Morgan fingerprint density at radius 1 is 0.768 bits per heavy atom. The second-order valence-corrected chi connectivity index (χ2v) is 15.2. The number of anilines is 1. The maximum atomic E-state index is 13.4. The molecule has 12 nitrogen and oxygen atoms in total. The Morgan fingerprint density at radius 2 is 1.32 bits per heavy atom. The van der Waals surface area contributed by atoms with Crippen molar-refractivity contribution in [2.24, 2.45) is 5.92 Å². The summed E-state index contributed by atoms with van der Waals surface area (Å²) < 4.78 is 0. The van der Waals surface area contributed by atoms with Crippen molar-refractivity contribution in [2.45, 2.75) is 64.1 Å². The number of hydrogen-bond acceptors (Lipinski definition) is 6. The fourth-order valence-electron chi connectivity index (χ4n) is 8.19. The van der Waals surface area contributed by atoms with Gasteiger partial charge in [-0.05, 0) is 82.8 Å². The molecule has 4 heterocycles. The van der Waals surface area contributed by atoms with Gasteiger partial charge in [0.2, 0.25) is 11.8 Å². The molecule has 2 fully saturated rings. The molecule has 6 aromatic rings. The summed E-state index contributed by atoms with van der Waals surface area (Å²) in [7, 11) is 0. The molecule has 3 amide bonds. The Bertz CT molecular complexity index is 2400. The van der Waals surface area contributed by atoms with Gasteiger partial charge in [0.15, 0.2) is 0 Å². The van der Waals surface area contributed by atoms with E-state index in [-0.39, 0.29) is 36.2 Å². The number of carbonyl (C=O) groups excluding carboxylic acids is 2. The molecule has 6 N–H and O–H groups in total. The van der Waals surface area contributed by atoms with E-state index in [4.69, 9.17) is 10.7 Å². The van der Waals surface area contributed by atoms with E-state index in [2.05, 4.69) is 80.9 Å². The smallest absolute Gasteiger partial charge is 0.405 e. The lowest BCUT2D eigenvalue weighted by Gasteiger charge is -2.29. The van der Waals surface area contributed by atoms with E-state index in [0.717, 1.165) is 81.5 Å². The van der Waals surface area contributed by atoms with Crippen LogP contribution in [0.4, 0.5) is 10.5 Å². The number of rotatable bonds is 10. The van der Waals surface area contributed by atoms with Crippen molar-refractivity contribution in [3.63, 3.8) is 0 Å². The van der Waals surface area contributed by atoms with Gasteiger partial charge in [0.05, 0.1) is 42.3 Å². The molecule has 8 rings (SSSR count). The zero-order valence-electron chi connectivity index (χ0n) is 31.5. The van der Waals surface area contributed by atoms with Crippen LogP contribution < -0.4 is 11.1 Å². The SMILES string of the molecule is CC(C)C(NC(=O)O)C(=O)N1CCCC1c1ncc(-c2ccc3cc(-c4ccc(-c5cnc(C6CCCN6C(=O)Cc6ccccc6N)[nH]5)cc4)ccc3c2)[nH]1. The summed E-state index contributed by atoms with van der Waals surface area (Å²) >= 11 is 0. The minimum atomic E-state index is -1.21. The highest BCUT2D eigenvalue weighted by Crippen LogP contribution is 2.35. The van der Waals surface area contributed by atoms with E-state index in [0.29, 0.717) is 24.6 Å². The number of carboxylic acid groups (broad SMARTS) is 1. The fraction of sp³-hybridized carbons (Fsp3) is 0.295. The van der Waals surface area contributed by atoms with Gasteiger partial charge in [-0.25, -0.2) is 14.8 Å². The molecule has 2 saturated heterocycles. The largest absolute Gasteiger partial charge is 0.465 e. The number of nitrogen functional groups attached to an aromatic ring is 1. The lowest BCUT2D eigenvalue weighted by atomic mass is 9.98. The van der Waals surface area contributed by atoms with Crippen molar-refractivity contribution >= 4 is 34.4 Å². The van der Waals surface area contributed by atoms with Crippen molar-refractivity contribution in [2.75, 3.05) is 18.8 Å². The molecular weight excluding hydrogens is 705 g/mol. The van der Waals surface area contributed by atoms with E-state index in [1.807, 2.05) is 49.2 Å². The van der Waals surface area contributed by atoms with Gasteiger partial charge in [-0.3, -0.25) is 9.59 Å². The van der Waals surface area contributed by atoms with E-state index < -0.39 is 12.1 Å². The van der Waals surface area contributed by atoms with Gasteiger partial charge >= 0.3 is 6.09 Å². The summed E-state index contributed by atoms with van der Waals surface area (Å²) in [6, 6.07) is 27.6. The predicted molar refractivity (Wildman–Crippen MR) is 216 cm³/mol. The molecule has 3 atom stereocenters. The van der Waals surface area contributed by atoms with E-state index in [1.165, 1.54) is 0 Å². The standard InChI is InChI=1S/C44H46N8O4/c1-26(2)40(50-44(55)56)43(54)52-20-6-10-38(52)42-47-25-36(49-42)33-18-17-30-21-29(15-16-31(30)22-33)27-11-13-28(14-12-27)35-24-46-41(48-35)37-9-5-19-51(37)39(53)23-32-7-3-4-8-34(32)45/h3-4,7-8,11-18,21-22,24-26,37-38,40,50H,5-6,9-10,19-20,23,45H2,1-2H3,(H,46,48)(H,47,49)(H,55,56). The minimum absolute atomic E-state index is 0.0603. The summed E-state index contributed by atoms with van der Waals surface area (Å²) in [6.45, 7) is 4.94. The molecule has 12 heteroatoms. The molecule has 2 aliphatic rings. The molecule has 0 aliphatic carbocycles. The second kappa shape index (κ2) is 15.4. The topological polar surface area (TPSA) is 173 Å². The number of amides is 3. The van der Waals surface area contributed by atoms with E-state index >= 15 is 0 Å². The third kappa shape index (κ3) is 7.34. The van der Waals surface area contributed by atoms with E-state index in [1.54, 1.807) is 11.1 Å². The van der Waals surface area contributed by atoms with Crippen LogP contribution in [0.2, 0.25) is 0 Å². The number of likely N-dealkylation sites (tertiary alicyclic amines) is 2. The quantitative estimate of drug-likeness (QED) is 0.0891. The monoisotopic (exact) mass is 750 g/mol. The van der Waals surface area contributed by atoms with Gasteiger partial charge in [-0.15, -0.1) is 0 Å². The average Bonchev–Trinajstić information content (AvgIpc) is 4.04. The lowest BCUT2D eigenvalue weighted by Crippen LogP contribution is -2.50. The maximum Gasteiger partial charge on any atom is 0.405 e. The number of fused-ring (bicyclic) bond motifs is 1. The molecule has 286 valence electrons. The Morgan fingerprint density at radius 3 is 1.96 bits per heavy atom. The van der Waals surface area contributed by atoms with Crippen LogP contribution in [0, 0.1) is 5.92 Å². The highest BCUT2D eigenvalue weighted by molar-refractivity contribution is 5.91. The van der Waals surface area contributed by atoms with Gasteiger partial charge in [0.25, 0.3) is 0 Å². The first-order valence-corrected chi connectivity index (χ1v) is 19.3. The number of hydrogen-bond donors (Lipinski definition) is 5. The predicted octanol–water partition coefficient (Wildman–Crippen LogP) is 7.73. The van der Waals surface area contributed by atoms with Crippen LogP contribution in [0.1, 0.15) is 68.8 Å². The van der Waals surface area contributed by atoms with Crippen LogP contribution in [-0.4, -0.2) is 71.9 Å². The molecule has 3 unspecified atom stereocenters. The fourth-order valence-corrected chi connectivity index (χ4v) is 8.19. The van der Waals surface area contributed by atoms with Crippen molar-refractivity contribution in [3.8, 4) is 33.6 Å². The minimum Gasteiger partial charge on any atom is -0.465 e. The number of nitrogens with zero attached hydrogens (tertiary/aromatic N) is 4. The van der Waals surface area contributed by atoms with Crippen LogP contribution in [0.5, 0.6) is 0 Å². The van der Waals surface area contributed by atoms with Crippen LogP contribution in [0.15, 0.2) is 97.3 Å². The molecule has 2 aliphatic heterocycles. The number of benzene rings is 4. The first-order valence-electron chi connectivity index (χ1n) is 19.3. The Hall–Kier alpha value is -6.43. The van der Waals surface area contributed by atoms with Crippen LogP contribution in [0.3, 0.4) is 0 Å². The van der Waals surface area contributed by atoms with Crippen molar-refractivity contribution in [1.29, 1.82) is 0 Å². The lowest BCUT2D eigenvalue weighted by molar-refractivity contribution is -0.135. The van der Waals surface area contributed by atoms with Crippen molar-refractivity contribution in [1.82, 2.24) is 35.1 Å². The number of aromatic amines is 2. The van der Waals surface area contributed by atoms with Gasteiger partial charge in [0.1, 0.15) is 17.7 Å². The molecule has 0 spiro atoms. The zero-order chi connectivity index (χ0) is 38.9. The third-order valence-corrected chi connectivity index (χ3v) is 11.2. The average molecular weight is 751 g/mol. The summed E-state index contributed by atoms with van der Waals surface area (Å²) in [5, 5.41) is 13.9. The summed E-state index contributed by atoms with van der Waals surface area (Å²) in [6.07, 6.45) is 6.10. The van der Waals surface area contributed by atoms with Crippen LogP contribution in [0.25, 0.3) is 44.4 Å². The summed E-state index contributed by atoms with van der Waals surface area (Å²) in [5.41, 5.74) is 13.6. The molecule has 0 saturated carbocycles. The van der Waals surface area contributed by atoms with Crippen LogP contribution >= 0.6 is 0 Å². The van der Waals surface area contributed by atoms with Crippen LogP contribution in [-0.2, 0) is 16.0 Å². The second-order valence-electron chi connectivity index (χ2n) is 15.2. The number of carbonyl (C=O) groups is 3. The third-order valence-electron chi connectivity index (χ3n) is 11.2. The molecule has 56 heavy (non-hydrogen) atoms. The maximum absolute atomic E-state index is 13.4. The first-order chi connectivity index (χ1) is 27.1. The summed E-state index contributed by atoms with van der Waals surface area (Å²) in [5.74, 6) is 1.17. The Balaban J connectivity index is 0.939. The number of aromatic nitrogens is 4. The number of H-pyrrole nitrogens is 2. The number of nitrogens with one attached hydrogen (secondary N) is 3. The van der Waals surface area contributed by atoms with Crippen molar-refractivity contribution < 1.29 is 19.5 Å². The number of nitrogens with two attached hydrogens (primary N) is 1. The highest BCUT2D eigenvalue weighted by Gasteiger charge is 2.37.